The predicted molar refractivity (Wildman–Crippen MR) is 67.0 cm³/mol. The highest BCUT2D eigenvalue weighted by atomic mass is 16.5. The van der Waals surface area contributed by atoms with Crippen LogP contribution >= 0.6 is 0 Å². The molecule has 0 aromatic heterocycles. The van der Waals surface area contributed by atoms with Crippen molar-refractivity contribution in [1.82, 2.24) is 4.90 Å². The van der Waals surface area contributed by atoms with Gasteiger partial charge in [-0.25, -0.2) is 4.79 Å². The van der Waals surface area contributed by atoms with Crippen LogP contribution in [0.15, 0.2) is 30.3 Å². The van der Waals surface area contributed by atoms with Gasteiger partial charge in [0.1, 0.15) is 0 Å². The van der Waals surface area contributed by atoms with E-state index in [2.05, 4.69) is 5.32 Å². The van der Waals surface area contributed by atoms with Gasteiger partial charge >= 0.3 is 6.03 Å². The van der Waals surface area contributed by atoms with Gasteiger partial charge in [0.05, 0.1) is 25.3 Å². The SMILES string of the molecule is C[C@H]1COC[C@H](C)N1C(=O)Nc1ccccc1. The number of carbonyl (C=O) groups is 1. The smallest absolute Gasteiger partial charge is 0.322 e. The molecule has 0 aliphatic carbocycles. The minimum absolute atomic E-state index is 0.0560. The fourth-order valence-electron chi connectivity index (χ4n) is 2.11. The van der Waals surface area contributed by atoms with Gasteiger partial charge in [-0.3, -0.25) is 0 Å². The van der Waals surface area contributed by atoms with E-state index in [4.69, 9.17) is 4.74 Å². The Kier molecular flexibility index (Phi) is 3.64. The second-order valence-electron chi connectivity index (χ2n) is 4.44. The van der Waals surface area contributed by atoms with E-state index in [1.807, 2.05) is 49.1 Å². The number of morpholine rings is 1. The average molecular weight is 234 g/mol. The summed E-state index contributed by atoms with van der Waals surface area (Å²) in [4.78, 5) is 14.0. The molecule has 1 saturated heterocycles. The second kappa shape index (κ2) is 5.19. The van der Waals surface area contributed by atoms with Gasteiger partial charge in [-0.15, -0.1) is 0 Å². The first-order valence-electron chi connectivity index (χ1n) is 5.90. The maximum absolute atomic E-state index is 12.1. The summed E-state index contributed by atoms with van der Waals surface area (Å²) in [5.41, 5.74) is 0.823. The molecule has 2 amide bonds. The minimum Gasteiger partial charge on any atom is -0.377 e. The van der Waals surface area contributed by atoms with E-state index in [0.717, 1.165) is 5.69 Å². The van der Waals surface area contributed by atoms with E-state index in [1.165, 1.54) is 0 Å². The zero-order chi connectivity index (χ0) is 12.3. The Morgan fingerprint density at radius 3 is 2.41 bits per heavy atom. The molecule has 1 N–H and O–H groups in total. The summed E-state index contributed by atoms with van der Waals surface area (Å²) in [6.07, 6.45) is 0. The van der Waals surface area contributed by atoms with Crippen LogP contribution in [0, 0.1) is 0 Å². The summed E-state index contributed by atoms with van der Waals surface area (Å²) in [5.74, 6) is 0. The molecular formula is C13H18N2O2. The van der Waals surface area contributed by atoms with Crippen molar-refractivity contribution in [1.29, 1.82) is 0 Å². The van der Waals surface area contributed by atoms with E-state index in [0.29, 0.717) is 13.2 Å². The molecule has 4 nitrogen and oxygen atoms in total. The maximum atomic E-state index is 12.1. The molecule has 0 unspecified atom stereocenters. The molecule has 17 heavy (non-hydrogen) atoms. The first kappa shape index (κ1) is 11.9. The number of nitrogens with zero attached hydrogens (tertiary/aromatic N) is 1. The van der Waals surface area contributed by atoms with Crippen molar-refractivity contribution < 1.29 is 9.53 Å². The summed E-state index contributed by atoms with van der Waals surface area (Å²) in [6, 6.07) is 9.67. The van der Waals surface area contributed by atoms with Crippen molar-refractivity contribution in [3.63, 3.8) is 0 Å². The highest BCUT2D eigenvalue weighted by Gasteiger charge is 2.29. The highest BCUT2D eigenvalue weighted by Crippen LogP contribution is 2.15. The quantitative estimate of drug-likeness (QED) is 0.810. The van der Waals surface area contributed by atoms with Crippen LogP contribution in [0.3, 0.4) is 0 Å². The van der Waals surface area contributed by atoms with Crippen molar-refractivity contribution in [2.45, 2.75) is 25.9 Å². The third-order valence-electron chi connectivity index (χ3n) is 2.93. The van der Waals surface area contributed by atoms with Crippen LogP contribution in [0.25, 0.3) is 0 Å². The lowest BCUT2D eigenvalue weighted by Crippen LogP contribution is -2.53. The zero-order valence-corrected chi connectivity index (χ0v) is 10.2. The third kappa shape index (κ3) is 2.77. The van der Waals surface area contributed by atoms with Gasteiger partial charge in [0.25, 0.3) is 0 Å². The molecule has 0 spiro atoms. The van der Waals surface area contributed by atoms with E-state index < -0.39 is 0 Å². The van der Waals surface area contributed by atoms with Crippen molar-refractivity contribution in [3.05, 3.63) is 30.3 Å². The van der Waals surface area contributed by atoms with Gasteiger partial charge in [-0.2, -0.15) is 0 Å². The standard InChI is InChI=1S/C13H18N2O2/c1-10-8-17-9-11(2)15(10)13(16)14-12-6-4-3-5-7-12/h3-7,10-11H,8-9H2,1-2H3,(H,14,16)/t10-,11-/m0/s1. The number of carbonyl (C=O) groups excluding carboxylic acids is 1. The summed E-state index contributed by atoms with van der Waals surface area (Å²) < 4.78 is 5.40. The molecule has 1 aliphatic rings. The number of hydrogen-bond acceptors (Lipinski definition) is 2. The Bertz CT molecular complexity index is 370. The number of anilines is 1. The van der Waals surface area contributed by atoms with Crippen LogP contribution in [0.4, 0.5) is 10.5 Å². The molecule has 1 aromatic carbocycles. The fraction of sp³-hybridized carbons (Fsp3) is 0.462. The van der Waals surface area contributed by atoms with Crippen LogP contribution in [0.2, 0.25) is 0 Å². The number of para-hydroxylation sites is 1. The molecule has 0 radical (unpaired) electrons. The van der Waals surface area contributed by atoms with Crippen LogP contribution in [0.1, 0.15) is 13.8 Å². The highest BCUT2D eigenvalue weighted by molar-refractivity contribution is 5.89. The third-order valence-corrected chi connectivity index (χ3v) is 2.93. The molecule has 92 valence electrons. The van der Waals surface area contributed by atoms with Crippen LogP contribution in [0.5, 0.6) is 0 Å². The number of ether oxygens (including phenoxy) is 1. The van der Waals surface area contributed by atoms with Gasteiger partial charge < -0.3 is 15.0 Å². The Labute approximate surface area is 102 Å². The van der Waals surface area contributed by atoms with Crippen molar-refractivity contribution >= 4 is 11.7 Å². The molecule has 2 atom stereocenters. The average Bonchev–Trinajstić information content (AvgIpc) is 2.30. The van der Waals surface area contributed by atoms with Gasteiger partial charge in [-0.05, 0) is 26.0 Å². The molecule has 1 heterocycles. The van der Waals surface area contributed by atoms with E-state index in [9.17, 15) is 4.79 Å². The maximum Gasteiger partial charge on any atom is 0.322 e. The number of nitrogens with one attached hydrogen (secondary N) is 1. The number of benzene rings is 1. The second-order valence-corrected chi connectivity index (χ2v) is 4.44. The first-order valence-corrected chi connectivity index (χ1v) is 5.90. The van der Waals surface area contributed by atoms with Crippen molar-refractivity contribution in [3.8, 4) is 0 Å². The minimum atomic E-state index is -0.0560. The molecule has 1 fully saturated rings. The number of hydrogen-bond donors (Lipinski definition) is 1. The molecular weight excluding hydrogens is 216 g/mol. The molecule has 1 aliphatic heterocycles. The van der Waals surface area contributed by atoms with Gasteiger partial charge in [0, 0.05) is 5.69 Å². The van der Waals surface area contributed by atoms with Crippen LogP contribution in [-0.2, 0) is 4.74 Å². The lowest BCUT2D eigenvalue weighted by molar-refractivity contribution is -0.0111. The Morgan fingerprint density at radius 2 is 1.82 bits per heavy atom. The van der Waals surface area contributed by atoms with Crippen molar-refractivity contribution in [2.75, 3.05) is 18.5 Å². The monoisotopic (exact) mass is 234 g/mol. The number of rotatable bonds is 1. The number of urea groups is 1. The summed E-state index contributed by atoms with van der Waals surface area (Å²) in [6.45, 7) is 5.21. The van der Waals surface area contributed by atoms with Gasteiger partial charge in [0.2, 0.25) is 0 Å². The molecule has 1 aromatic rings. The predicted octanol–water partition coefficient (Wildman–Crippen LogP) is 2.33. The van der Waals surface area contributed by atoms with Crippen LogP contribution in [-0.4, -0.2) is 36.2 Å². The molecule has 2 rings (SSSR count). The Morgan fingerprint density at radius 1 is 1.24 bits per heavy atom. The normalized spacial score (nSPS) is 24.5. The van der Waals surface area contributed by atoms with Gasteiger partial charge in [-0.1, -0.05) is 18.2 Å². The van der Waals surface area contributed by atoms with E-state index in [1.54, 1.807) is 0 Å². The lowest BCUT2D eigenvalue weighted by Gasteiger charge is -2.38. The zero-order valence-electron chi connectivity index (χ0n) is 10.2. The lowest BCUT2D eigenvalue weighted by atomic mass is 10.2. The summed E-state index contributed by atoms with van der Waals surface area (Å²) >= 11 is 0. The molecule has 4 heteroatoms. The number of amides is 2. The van der Waals surface area contributed by atoms with Gasteiger partial charge in [0.15, 0.2) is 0 Å². The Balaban J connectivity index is 2.04. The fourth-order valence-corrected chi connectivity index (χ4v) is 2.11. The summed E-state index contributed by atoms with van der Waals surface area (Å²) in [7, 11) is 0. The largest absolute Gasteiger partial charge is 0.377 e. The molecule has 0 bridgehead atoms. The van der Waals surface area contributed by atoms with E-state index >= 15 is 0 Å². The molecule has 0 saturated carbocycles. The van der Waals surface area contributed by atoms with E-state index in [-0.39, 0.29) is 18.1 Å². The Hall–Kier alpha value is -1.55. The topological polar surface area (TPSA) is 41.6 Å². The summed E-state index contributed by atoms with van der Waals surface area (Å²) in [5, 5.41) is 2.90. The van der Waals surface area contributed by atoms with Crippen LogP contribution < -0.4 is 5.32 Å². The van der Waals surface area contributed by atoms with Crippen molar-refractivity contribution in [2.24, 2.45) is 0 Å². The first-order chi connectivity index (χ1) is 8.18.